The van der Waals surface area contributed by atoms with Crippen molar-refractivity contribution in [1.82, 2.24) is 9.55 Å². The lowest BCUT2D eigenvalue weighted by molar-refractivity contribution is 0.635. The predicted octanol–water partition coefficient (Wildman–Crippen LogP) is 2.38. The Labute approximate surface area is 94.1 Å². The van der Waals surface area contributed by atoms with E-state index < -0.39 is 11.4 Å². The Morgan fingerprint density at radius 1 is 1.40 bits per heavy atom. The number of hydrogen-bond acceptors (Lipinski definition) is 2. The van der Waals surface area contributed by atoms with Crippen LogP contribution < -0.4 is 5.56 Å². The fourth-order valence-corrected chi connectivity index (χ4v) is 1.72. The van der Waals surface area contributed by atoms with Gasteiger partial charge in [0.1, 0.15) is 5.52 Å². The minimum Gasteiger partial charge on any atom is -0.307 e. The summed E-state index contributed by atoms with van der Waals surface area (Å²) in [5, 5.41) is -0.0506. The van der Waals surface area contributed by atoms with Crippen molar-refractivity contribution in [2.24, 2.45) is 7.05 Å². The molecule has 0 amide bonds. The van der Waals surface area contributed by atoms with E-state index in [1.165, 1.54) is 17.7 Å². The Hall–Kier alpha value is -1.13. The van der Waals surface area contributed by atoms with Gasteiger partial charge in [0.15, 0.2) is 11.0 Å². The van der Waals surface area contributed by atoms with E-state index >= 15 is 0 Å². The highest BCUT2D eigenvalue weighted by molar-refractivity contribution is 6.31. The SMILES string of the molecule is Cn1c(=O)c(Cl)nc2c(F)cc(Cl)cc21. The molecular formula is C9H5Cl2FN2O. The molecule has 6 heteroatoms. The van der Waals surface area contributed by atoms with Crippen molar-refractivity contribution in [2.45, 2.75) is 0 Å². The second kappa shape index (κ2) is 3.47. The molecule has 0 radical (unpaired) electrons. The highest BCUT2D eigenvalue weighted by atomic mass is 35.5. The van der Waals surface area contributed by atoms with Gasteiger partial charge in [-0.2, -0.15) is 0 Å². The second-order valence-corrected chi connectivity index (χ2v) is 3.82. The van der Waals surface area contributed by atoms with Gasteiger partial charge in [-0.1, -0.05) is 23.2 Å². The molecule has 0 aliphatic rings. The first-order valence-electron chi connectivity index (χ1n) is 4.02. The van der Waals surface area contributed by atoms with Crippen molar-refractivity contribution in [2.75, 3.05) is 0 Å². The standard InChI is InChI=1S/C9H5Cl2FN2O/c1-14-6-3-4(10)2-5(12)7(6)13-8(11)9(14)15/h2-3H,1H3. The highest BCUT2D eigenvalue weighted by Gasteiger charge is 2.11. The zero-order valence-corrected chi connectivity index (χ0v) is 9.10. The van der Waals surface area contributed by atoms with Gasteiger partial charge in [0.2, 0.25) is 0 Å². The first-order chi connectivity index (χ1) is 7.00. The van der Waals surface area contributed by atoms with Gasteiger partial charge in [-0.05, 0) is 12.1 Å². The zero-order chi connectivity index (χ0) is 11.2. The van der Waals surface area contributed by atoms with Crippen molar-refractivity contribution >= 4 is 34.2 Å². The van der Waals surface area contributed by atoms with Crippen molar-refractivity contribution in [3.63, 3.8) is 0 Å². The number of nitrogens with zero attached hydrogens (tertiary/aromatic N) is 2. The van der Waals surface area contributed by atoms with Crippen molar-refractivity contribution in [3.8, 4) is 0 Å². The van der Waals surface area contributed by atoms with Gasteiger partial charge < -0.3 is 4.57 Å². The van der Waals surface area contributed by atoms with E-state index in [2.05, 4.69) is 4.98 Å². The molecule has 15 heavy (non-hydrogen) atoms. The average molecular weight is 247 g/mol. The van der Waals surface area contributed by atoms with Gasteiger partial charge in [0, 0.05) is 12.1 Å². The number of benzene rings is 1. The number of rotatable bonds is 0. The molecule has 1 heterocycles. The Kier molecular flexibility index (Phi) is 2.40. The summed E-state index contributed by atoms with van der Waals surface area (Å²) in [5.41, 5.74) is -0.133. The van der Waals surface area contributed by atoms with Crippen LogP contribution in [0.2, 0.25) is 10.2 Å². The molecular weight excluding hydrogens is 242 g/mol. The first kappa shape index (κ1) is 10.4. The Balaban J connectivity index is 3.05. The molecule has 0 atom stereocenters. The molecule has 3 nitrogen and oxygen atoms in total. The summed E-state index contributed by atoms with van der Waals surface area (Å²) in [6.45, 7) is 0. The summed E-state index contributed by atoms with van der Waals surface area (Å²) in [6, 6.07) is 2.59. The third-order valence-corrected chi connectivity index (χ3v) is 2.52. The van der Waals surface area contributed by atoms with Gasteiger partial charge >= 0.3 is 0 Å². The minimum atomic E-state index is -0.602. The van der Waals surface area contributed by atoms with Gasteiger partial charge in [-0.25, -0.2) is 9.37 Å². The summed E-state index contributed by atoms with van der Waals surface area (Å²) < 4.78 is 14.6. The molecule has 0 spiro atoms. The average Bonchev–Trinajstić information content (AvgIpc) is 2.17. The van der Waals surface area contributed by atoms with Gasteiger partial charge in [0.05, 0.1) is 5.52 Å². The third-order valence-electron chi connectivity index (χ3n) is 2.06. The lowest BCUT2D eigenvalue weighted by Gasteiger charge is -2.05. The van der Waals surface area contributed by atoms with E-state index in [1.807, 2.05) is 0 Å². The molecule has 0 fully saturated rings. The first-order valence-corrected chi connectivity index (χ1v) is 4.77. The Bertz CT molecular complexity index is 609. The fraction of sp³-hybridized carbons (Fsp3) is 0.111. The van der Waals surface area contributed by atoms with Crippen molar-refractivity contribution in [3.05, 3.63) is 38.5 Å². The van der Waals surface area contributed by atoms with Crippen LogP contribution in [0.3, 0.4) is 0 Å². The van der Waals surface area contributed by atoms with Crippen LogP contribution >= 0.6 is 23.2 Å². The van der Waals surface area contributed by atoms with Crippen LogP contribution in [-0.2, 0) is 7.05 Å². The van der Waals surface area contributed by atoms with Gasteiger partial charge in [-0.15, -0.1) is 0 Å². The minimum absolute atomic E-state index is 0.0338. The van der Waals surface area contributed by atoms with Crippen molar-refractivity contribution < 1.29 is 4.39 Å². The van der Waals surface area contributed by atoms with Crippen LogP contribution in [0.1, 0.15) is 0 Å². The number of halogens is 3. The Morgan fingerprint density at radius 2 is 2.07 bits per heavy atom. The molecule has 0 saturated heterocycles. The van der Waals surface area contributed by atoms with Gasteiger partial charge in [-0.3, -0.25) is 4.79 Å². The molecule has 0 saturated carbocycles. The maximum atomic E-state index is 13.4. The molecule has 1 aromatic carbocycles. The molecule has 0 unspecified atom stereocenters. The lowest BCUT2D eigenvalue weighted by Crippen LogP contribution is -2.19. The molecule has 78 valence electrons. The smallest absolute Gasteiger partial charge is 0.288 e. The van der Waals surface area contributed by atoms with Crippen LogP contribution in [0.4, 0.5) is 4.39 Å². The summed E-state index contributed by atoms with van der Waals surface area (Å²) in [7, 11) is 1.48. The summed E-state index contributed by atoms with van der Waals surface area (Å²) in [6.07, 6.45) is 0. The number of aromatic nitrogens is 2. The predicted molar refractivity (Wildman–Crippen MR) is 57.0 cm³/mol. The maximum absolute atomic E-state index is 13.4. The highest BCUT2D eigenvalue weighted by Crippen LogP contribution is 2.20. The third kappa shape index (κ3) is 1.60. The molecule has 1 aromatic heterocycles. The topological polar surface area (TPSA) is 34.9 Å². The van der Waals surface area contributed by atoms with E-state index in [1.54, 1.807) is 0 Å². The molecule has 0 aliphatic heterocycles. The van der Waals surface area contributed by atoms with Gasteiger partial charge in [0.25, 0.3) is 5.56 Å². The number of fused-ring (bicyclic) bond motifs is 1. The number of aryl methyl sites for hydroxylation is 1. The van der Waals surface area contributed by atoms with E-state index in [0.717, 1.165) is 6.07 Å². The molecule has 0 bridgehead atoms. The van der Waals surface area contributed by atoms with Crippen LogP contribution in [-0.4, -0.2) is 9.55 Å². The molecule has 0 aliphatic carbocycles. The molecule has 2 aromatic rings. The lowest BCUT2D eigenvalue weighted by atomic mass is 10.3. The van der Waals surface area contributed by atoms with E-state index in [0.29, 0.717) is 5.52 Å². The molecule has 0 N–H and O–H groups in total. The normalized spacial score (nSPS) is 10.9. The van der Waals surface area contributed by atoms with Crippen LogP contribution in [0.15, 0.2) is 16.9 Å². The van der Waals surface area contributed by atoms with E-state index in [9.17, 15) is 9.18 Å². The monoisotopic (exact) mass is 246 g/mol. The maximum Gasteiger partial charge on any atom is 0.288 e. The quantitative estimate of drug-likeness (QED) is 0.716. The molecule has 2 rings (SSSR count). The summed E-state index contributed by atoms with van der Waals surface area (Å²) >= 11 is 11.2. The van der Waals surface area contributed by atoms with Crippen molar-refractivity contribution in [1.29, 1.82) is 0 Å². The fourth-order valence-electron chi connectivity index (χ4n) is 1.31. The number of hydrogen-bond donors (Lipinski definition) is 0. The summed E-state index contributed by atoms with van der Waals surface area (Å²) in [5.74, 6) is -0.602. The Morgan fingerprint density at radius 3 is 2.73 bits per heavy atom. The van der Waals surface area contributed by atoms with Crippen LogP contribution in [0, 0.1) is 5.82 Å². The zero-order valence-electron chi connectivity index (χ0n) is 7.59. The van der Waals surface area contributed by atoms with E-state index in [-0.39, 0.29) is 15.7 Å². The van der Waals surface area contributed by atoms with Crippen LogP contribution in [0.25, 0.3) is 11.0 Å². The largest absolute Gasteiger partial charge is 0.307 e. The van der Waals surface area contributed by atoms with E-state index in [4.69, 9.17) is 23.2 Å². The van der Waals surface area contributed by atoms with Crippen LogP contribution in [0.5, 0.6) is 0 Å². The second-order valence-electron chi connectivity index (χ2n) is 3.02. The summed E-state index contributed by atoms with van der Waals surface area (Å²) in [4.78, 5) is 15.1.